The Labute approximate surface area is 99.0 Å². The van der Waals surface area contributed by atoms with Crippen LogP contribution in [0.15, 0.2) is 0 Å². The van der Waals surface area contributed by atoms with E-state index in [9.17, 15) is 9.90 Å². The summed E-state index contributed by atoms with van der Waals surface area (Å²) in [5.74, 6) is 0.126. The number of hydrogen-bond donors (Lipinski definition) is 2. The van der Waals surface area contributed by atoms with Gasteiger partial charge in [0.1, 0.15) is 0 Å². The van der Waals surface area contributed by atoms with Gasteiger partial charge >= 0.3 is 0 Å². The molecule has 2 N–H and O–H groups in total. The van der Waals surface area contributed by atoms with Crippen LogP contribution in [0.1, 0.15) is 41.0 Å². The zero-order valence-electron chi connectivity index (χ0n) is 11.2. The second-order valence-corrected chi connectivity index (χ2v) is 4.75. The molecule has 0 bridgehead atoms. The van der Waals surface area contributed by atoms with Gasteiger partial charge in [0.25, 0.3) is 0 Å². The first kappa shape index (κ1) is 15.4. The van der Waals surface area contributed by atoms with E-state index < -0.39 is 5.60 Å². The molecule has 0 aliphatic heterocycles. The van der Waals surface area contributed by atoms with Gasteiger partial charge < -0.3 is 15.3 Å². The van der Waals surface area contributed by atoms with Crippen LogP contribution in [0.3, 0.4) is 0 Å². The normalized spacial score (nSPS) is 13.6. The summed E-state index contributed by atoms with van der Waals surface area (Å²) in [5.41, 5.74) is -0.676. The summed E-state index contributed by atoms with van der Waals surface area (Å²) < 4.78 is 0. The van der Waals surface area contributed by atoms with Gasteiger partial charge in [-0.05, 0) is 47.6 Å². The summed E-state index contributed by atoms with van der Waals surface area (Å²) >= 11 is 0. The molecule has 0 saturated heterocycles. The standard InChI is InChI=1S/C12H26N2O2/c1-6-14(7-2)11(15)10(3)13-9-8-12(4,5)16/h10,13,16H,6-9H2,1-5H3. The van der Waals surface area contributed by atoms with Crippen LogP contribution in [0.5, 0.6) is 0 Å². The van der Waals surface area contributed by atoms with Crippen LogP contribution in [0.25, 0.3) is 0 Å². The number of rotatable bonds is 7. The van der Waals surface area contributed by atoms with Crippen molar-refractivity contribution in [2.45, 2.75) is 52.7 Å². The Morgan fingerprint density at radius 1 is 1.38 bits per heavy atom. The van der Waals surface area contributed by atoms with E-state index in [-0.39, 0.29) is 11.9 Å². The Morgan fingerprint density at radius 2 is 1.88 bits per heavy atom. The molecule has 1 atom stereocenters. The summed E-state index contributed by atoms with van der Waals surface area (Å²) in [7, 11) is 0. The molecule has 16 heavy (non-hydrogen) atoms. The first-order valence-electron chi connectivity index (χ1n) is 6.06. The average Bonchev–Trinajstić information content (AvgIpc) is 2.17. The highest BCUT2D eigenvalue weighted by molar-refractivity contribution is 5.81. The molecule has 0 rings (SSSR count). The first-order valence-corrected chi connectivity index (χ1v) is 6.06. The molecule has 0 saturated carbocycles. The molecule has 0 aromatic heterocycles. The Morgan fingerprint density at radius 3 is 2.25 bits per heavy atom. The third-order valence-corrected chi connectivity index (χ3v) is 2.63. The molecule has 0 fully saturated rings. The summed E-state index contributed by atoms with van der Waals surface area (Å²) in [6.07, 6.45) is 0.642. The lowest BCUT2D eigenvalue weighted by Crippen LogP contribution is -2.45. The van der Waals surface area contributed by atoms with Crippen molar-refractivity contribution in [3.05, 3.63) is 0 Å². The van der Waals surface area contributed by atoms with E-state index in [4.69, 9.17) is 0 Å². The summed E-state index contributed by atoms with van der Waals surface area (Å²) in [4.78, 5) is 13.7. The maximum absolute atomic E-state index is 11.9. The van der Waals surface area contributed by atoms with Gasteiger partial charge in [0.2, 0.25) is 5.91 Å². The lowest BCUT2D eigenvalue weighted by atomic mass is 10.1. The fraction of sp³-hybridized carbons (Fsp3) is 0.917. The number of aliphatic hydroxyl groups is 1. The molecule has 1 amide bonds. The Balaban J connectivity index is 3.97. The summed E-state index contributed by atoms with van der Waals surface area (Å²) in [6, 6.07) is -0.178. The van der Waals surface area contributed by atoms with E-state index in [1.54, 1.807) is 13.8 Å². The van der Waals surface area contributed by atoms with E-state index in [0.717, 1.165) is 13.1 Å². The van der Waals surface area contributed by atoms with Crippen molar-refractivity contribution in [3.63, 3.8) is 0 Å². The maximum Gasteiger partial charge on any atom is 0.239 e. The Hall–Kier alpha value is -0.610. The lowest BCUT2D eigenvalue weighted by molar-refractivity contribution is -0.132. The molecule has 4 nitrogen and oxygen atoms in total. The van der Waals surface area contributed by atoms with Gasteiger partial charge in [0, 0.05) is 13.1 Å². The molecule has 0 aromatic carbocycles. The lowest BCUT2D eigenvalue weighted by Gasteiger charge is -2.24. The van der Waals surface area contributed by atoms with Crippen LogP contribution in [-0.2, 0) is 4.79 Å². The van der Waals surface area contributed by atoms with E-state index >= 15 is 0 Å². The van der Waals surface area contributed by atoms with Gasteiger partial charge in [0.05, 0.1) is 11.6 Å². The van der Waals surface area contributed by atoms with Gasteiger partial charge in [-0.2, -0.15) is 0 Å². The second kappa shape index (κ2) is 6.86. The molecule has 0 aliphatic carbocycles. The van der Waals surface area contributed by atoms with Crippen molar-refractivity contribution < 1.29 is 9.90 Å². The number of carbonyl (C=O) groups excluding carboxylic acids is 1. The minimum Gasteiger partial charge on any atom is -0.390 e. The van der Waals surface area contributed by atoms with Crippen LogP contribution in [0.4, 0.5) is 0 Å². The van der Waals surface area contributed by atoms with Gasteiger partial charge in [0.15, 0.2) is 0 Å². The van der Waals surface area contributed by atoms with E-state index in [1.165, 1.54) is 0 Å². The highest BCUT2D eigenvalue weighted by Crippen LogP contribution is 2.05. The number of carbonyl (C=O) groups is 1. The quantitative estimate of drug-likeness (QED) is 0.686. The van der Waals surface area contributed by atoms with Crippen LogP contribution in [-0.4, -0.2) is 47.2 Å². The van der Waals surface area contributed by atoms with Crippen molar-refractivity contribution >= 4 is 5.91 Å². The largest absolute Gasteiger partial charge is 0.390 e. The number of nitrogens with zero attached hydrogens (tertiary/aromatic N) is 1. The number of amides is 1. The molecule has 0 radical (unpaired) electrons. The van der Waals surface area contributed by atoms with Crippen molar-refractivity contribution in [2.24, 2.45) is 0 Å². The number of likely N-dealkylation sites (N-methyl/N-ethyl adjacent to an activating group) is 1. The molecule has 0 aromatic rings. The van der Waals surface area contributed by atoms with Crippen LogP contribution in [0, 0.1) is 0 Å². The summed E-state index contributed by atoms with van der Waals surface area (Å²) in [6.45, 7) is 11.5. The zero-order valence-corrected chi connectivity index (χ0v) is 11.2. The topological polar surface area (TPSA) is 52.6 Å². The molecular weight excluding hydrogens is 204 g/mol. The van der Waals surface area contributed by atoms with E-state index in [2.05, 4.69) is 5.32 Å². The fourth-order valence-electron chi connectivity index (χ4n) is 1.49. The van der Waals surface area contributed by atoms with E-state index in [0.29, 0.717) is 13.0 Å². The zero-order chi connectivity index (χ0) is 12.8. The van der Waals surface area contributed by atoms with Crippen molar-refractivity contribution in [2.75, 3.05) is 19.6 Å². The van der Waals surface area contributed by atoms with Crippen LogP contribution < -0.4 is 5.32 Å². The predicted molar refractivity (Wildman–Crippen MR) is 66.3 cm³/mol. The van der Waals surface area contributed by atoms with Crippen LogP contribution >= 0.6 is 0 Å². The minimum absolute atomic E-state index is 0.126. The average molecular weight is 230 g/mol. The highest BCUT2D eigenvalue weighted by atomic mass is 16.3. The smallest absolute Gasteiger partial charge is 0.239 e. The maximum atomic E-state index is 11.9. The van der Waals surface area contributed by atoms with Crippen molar-refractivity contribution in [1.82, 2.24) is 10.2 Å². The minimum atomic E-state index is -0.676. The van der Waals surface area contributed by atoms with Crippen molar-refractivity contribution in [1.29, 1.82) is 0 Å². The third kappa shape index (κ3) is 6.08. The molecule has 1 unspecified atom stereocenters. The molecule has 0 spiro atoms. The highest BCUT2D eigenvalue weighted by Gasteiger charge is 2.18. The SMILES string of the molecule is CCN(CC)C(=O)C(C)NCCC(C)(C)O. The molecule has 0 heterocycles. The number of nitrogens with one attached hydrogen (secondary N) is 1. The number of hydrogen-bond acceptors (Lipinski definition) is 3. The first-order chi connectivity index (χ1) is 7.31. The monoisotopic (exact) mass is 230 g/mol. The van der Waals surface area contributed by atoms with Gasteiger partial charge in [-0.1, -0.05) is 0 Å². The fourth-order valence-corrected chi connectivity index (χ4v) is 1.49. The Bertz CT molecular complexity index is 208. The predicted octanol–water partition coefficient (Wildman–Crippen LogP) is 0.994. The molecule has 96 valence electrons. The van der Waals surface area contributed by atoms with E-state index in [1.807, 2.05) is 25.7 Å². The molecular formula is C12H26N2O2. The van der Waals surface area contributed by atoms with Crippen LogP contribution in [0.2, 0.25) is 0 Å². The third-order valence-electron chi connectivity index (χ3n) is 2.63. The summed E-state index contributed by atoms with van der Waals surface area (Å²) in [5, 5.41) is 12.7. The van der Waals surface area contributed by atoms with Gasteiger partial charge in [-0.15, -0.1) is 0 Å². The van der Waals surface area contributed by atoms with Gasteiger partial charge in [-0.3, -0.25) is 4.79 Å². The van der Waals surface area contributed by atoms with Gasteiger partial charge in [-0.25, -0.2) is 0 Å². The Kier molecular flexibility index (Phi) is 6.60. The molecule has 4 heteroatoms. The second-order valence-electron chi connectivity index (χ2n) is 4.75. The van der Waals surface area contributed by atoms with Crippen molar-refractivity contribution in [3.8, 4) is 0 Å². The molecule has 0 aliphatic rings.